The van der Waals surface area contributed by atoms with Crippen LogP contribution in [-0.4, -0.2) is 24.8 Å². The van der Waals surface area contributed by atoms with Gasteiger partial charge in [0.1, 0.15) is 0 Å². The minimum Gasteiger partial charge on any atom is -0.396 e. The van der Waals surface area contributed by atoms with Crippen molar-refractivity contribution in [3.8, 4) is 0 Å². The SMILES string of the molecule is C[C@H]1CNC[C@@]1(C)CO. The molecule has 0 amide bonds. The van der Waals surface area contributed by atoms with Crippen molar-refractivity contribution in [3.63, 3.8) is 0 Å². The van der Waals surface area contributed by atoms with Crippen LogP contribution in [0.15, 0.2) is 0 Å². The van der Waals surface area contributed by atoms with Crippen LogP contribution in [0.5, 0.6) is 0 Å². The van der Waals surface area contributed by atoms with Gasteiger partial charge in [0.05, 0.1) is 0 Å². The minimum atomic E-state index is 0.139. The van der Waals surface area contributed by atoms with Crippen molar-refractivity contribution in [2.24, 2.45) is 11.3 Å². The molecule has 2 nitrogen and oxygen atoms in total. The number of hydrogen-bond acceptors (Lipinski definition) is 2. The Morgan fingerprint density at radius 1 is 1.78 bits per heavy atom. The number of hydrogen-bond donors (Lipinski definition) is 2. The van der Waals surface area contributed by atoms with Crippen LogP contribution < -0.4 is 5.32 Å². The van der Waals surface area contributed by atoms with Crippen LogP contribution in [0.25, 0.3) is 0 Å². The first-order valence-electron chi connectivity index (χ1n) is 3.50. The molecule has 1 rings (SSSR count). The van der Waals surface area contributed by atoms with E-state index in [0.717, 1.165) is 13.1 Å². The van der Waals surface area contributed by atoms with Crippen LogP contribution in [0.4, 0.5) is 0 Å². The Balaban J connectivity index is 2.56. The van der Waals surface area contributed by atoms with E-state index in [4.69, 9.17) is 5.11 Å². The highest BCUT2D eigenvalue weighted by atomic mass is 16.3. The van der Waals surface area contributed by atoms with Gasteiger partial charge in [0.25, 0.3) is 0 Å². The van der Waals surface area contributed by atoms with Crippen molar-refractivity contribution in [2.45, 2.75) is 13.8 Å². The number of aliphatic hydroxyl groups is 1. The first kappa shape index (κ1) is 7.03. The molecule has 2 heteroatoms. The molecule has 0 saturated carbocycles. The molecule has 0 radical (unpaired) electrons. The third-order valence-electron chi connectivity index (χ3n) is 2.53. The highest BCUT2D eigenvalue weighted by Gasteiger charge is 2.34. The van der Waals surface area contributed by atoms with Crippen molar-refractivity contribution < 1.29 is 5.11 Å². The Labute approximate surface area is 56.3 Å². The smallest absolute Gasteiger partial charge is 0.0499 e. The fraction of sp³-hybridized carbons (Fsp3) is 1.00. The van der Waals surface area contributed by atoms with E-state index in [1.165, 1.54) is 0 Å². The second-order valence-electron chi connectivity index (χ2n) is 3.34. The predicted molar refractivity (Wildman–Crippen MR) is 37.2 cm³/mol. The summed E-state index contributed by atoms with van der Waals surface area (Å²) in [5.41, 5.74) is 0.139. The minimum absolute atomic E-state index is 0.139. The van der Waals surface area contributed by atoms with E-state index in [1.807, 2.05) is 0 Å². The van der Waals surface area contributed by atoms with Crippen LogP contribution in [0.3, 0.4) is 0 Å². The average Bonchev–Trinajstić information content (AvgIpc) is 2.15. The first-order chi connectivity index (χ1) is 4.19. The molecular weight excluding hydrogens is 114 g/mol. The van der Waals surface area contributed by atoms with Crippen molar-refractivity contribution in [3.05, 3.63) is 0 Å². The highest BCUT2D eigenvalue weighted by molar-refractivity contribution is 4.88. The molecule has 2 atom stereocenters. The summed E-state index contributed by atoms with van der Waals surface area (Å²) in [4.78, 5) is 0. The van der Waals surface area contributed by atoms with Gasteiger partial charge in [-0.05, 0) is 12.5 Å². The van der Waals surface area contributed by atoms with Crippen molar-refractivity contribution in [1.29, 1.82) is 0 Å². The summed E-state index contributed by atoms with van der Waals surface area (Å²) in [6.45, 7) is 6.62. The Morgan fingerprint density at radius 3 is 2.67 bits per heavy atom. The van der Waals surface area contributed by atoms with Gasteiger partial charge in [-0.15, -0.1) is 0 Å². The molecular formula is C7H15NO. The summed E-state index contributed by atoms with van der Waals surface area (Å²) in [5, 5.41) is 12.2. The lowest BCUT2D eigenvalue weighted by atomic mass is 9.82. The molecule has 0 bridgehead atoms. The maximum Gasteiger partial charge on any atom is 0.0499 e. The molecule has 54 valence electrons. The second-order valence-corrected chi connectivity index (χ2v) is 3.34. The molecule has 0 aromatic rings. The Morgan fingerprint density at radius 2 is 2.44 bits per heavy atom. The predicted octanol–water partition coefficient (Wildman–Crippen LogP) is 0.224. The second kappa shape index (κ2) is 2.27. The molecule has 1 aliphatic rings. The zero-order valence-corrected chi connectivity index (χ0v) is 6.15. The summed E-state index contributed by atoms with van der Waals surface area (Å²) >= 11 is 0. The molecule has 9 heavy (non-hydrogen) atoms. The van der Waals surface area contributed by atoms with Gasteiger partial charge in [0, 0.05) is 18.6 Å². The van der Waals surface area contributed by atoms with Gasteiger partial charge in [-0.3, -0.25) is 0 Å². The van der Waals surface area contributed by atoms with Crippen molar-refractivity contribution >= 4 is 0 Å². The van der Waals surface area contributed by atoms with E-state index in [1.54, 1.807) is 0 Å². The maximum absolute atomic E-state index is 8.96. The van der Waals surface area contributed by atoms with Crippen LogP contribution in [0, 0.1) is 11.3 Å². The van der Waals surface area contributed by atoms with Gasteiger partial charge in [-0.1, -0.05) is 13.8 Å². The lowest BCUT2D eigenvalue weighted by Crippen LogP contribution is -2.28. The zero-order chi connectivity index (χ0) is 6.91. The molecule has 1 saturated heterocycles. The van der Waals surface area contributed by atoms with Gasteiger partial charge in [0.15, 0.2) is 0 Å². The van der Waals surface area contributed by atoms with E-state index < -0.39 is 0 Å². The van der Waals surface area contributed by atoms with E-state index >= 15 is 0 Å². The third-order valence-corrected chi connectivity index (χ3v) is 2.53. The molecule has 1 fully saturated rings. The summed E-state index contributed by atoms with van der Waals surface area (Å²) in [5.74, 6) is 0.613. The first-order valence-corrected chi connectivity index (χ1v) is 3.50. The fourth-order valence-corrected chi connectivity index (χ4v) is 1.21. The number of rotatable bonds is 1. The number of nitrogens with one attached hydrogen (secondary N) is 1. The zero-order valence-electron chi connectivity index (χ0n) is 6.15. The van der Waals surface area contributed by atoms with Crippen molar-refractivity contribution in [2.75, 3.05) is 19.7 Å². The summed E-state index contributed by atoms with van der Waals surface area (Å²) in [7, 11) is 0. The summed E-state index contributed by atoms with van der Waals surface area (Å²) < 4.78 is 0. The molecule has 0 aromatic heterocycles. The molecule has 1 heterocycles. The summed E-state index contributed by atoms with van der Waals surface area (Å²) in [6.07, 6.45) is 0. The average molecular weight is 129 g/mol. The van der Waals surface area contributed by atoms with Gasteiger partial charge in [-0.2, -0.15) is 0 Å². The summed E-state index contributed by atoms with van der Waals surface area (Å²) in [6, 6.07) is 0. The van der Waals surface area contributed by atoms with Crippen LogP contribution in [0.1, 0.15) is 13.8 Å². The molecule has 0 unspecified atom stereocenters. The molecule has 1 aliphatic heterocycles. The Kier molecular flexibility index (Phi) is 1.78. The monoisotopic (exact) mass is 129 g/mol. The molecule has 0 aliphatic carbocycles. The van der Waals surface area contributed by atoms with E-state index in [0.29, 0.717) is 12.5 Å². The van der Waals surface area contributed by atoms with Gasteiger partial charge >= 0.3 is 0 Å². The molecule has 0 spiro atoms. The number of aliphatic hydroxyl groups excluding tert-OH is 1. The van der Waals surface area contributed by atoms with E-state index in [2.05, 4.69) is 19.2 Å². The standard InChI is InChI=1S/C7H15NO/c1-6-3-8-4-7(6,2)5-9/h6,8-9H,3-5H2,1-2H3/t6-,7-/m0/s1. The normalized spacial score (nSPS) is 43.7. The van der Waals surface area contributed by atoms with Crippen LogP contribution in [-0.2, 0) is 0 Å². The fourth-order valence-electron chi connectivity index (χ4n) is 1.21. The van der Waals surface area contributed by atoms with Crippen LogP contribution in [0.2, 0.25) is 0 Å². The highest BCUT2D eigenvalue weighted by Crippen LogP contribution is 2.29. The third kappa shape index (κ3) is 1.10. The largest absolute Gasteiger partial charge is 0.396 e. The molecule has 2 N–H and O–H groups in total. The Bertz CT molecular complexity index is 105. The van der Waals surface area contributed by atoms with Gasteiger partial charge in [-0.25, -0.2) is 0 Å². The maximum atomic E-state index is 8.96. The topological polar surface area (TPSA) is 32.3 Å². The van der Waals surface area contributed by atoms with Crippen LogP contribution >= 0.6 is 0 Å². The quantitative estimate of drug-likeness (QED) is 0.531. The van der Waals surface area contributed by atoms with Gasteiger partial charge in [0.2, 0.25) is 0 Å². The van der Waals surface area contributed by atoms with E-state index in [9.17, 15) is 0 Å². The van der Waals surface area contributed by atoms with E-state index in [-0.39, 0.29) is 5.41 Å². The van der Waals surface area contributed by atoms with Gasteiger partial charge < -0.3 is 10.4 Å². The Hall–Kier alpha value is -0.0800. The molecule has 0 aromatic carbocycles. The van der Waals surface area contributed by atoms with Crippen molar-refractivity contribution in [1.82, 2.24) is 5.32 Å². The lowest BCUT2D eigenvalue weighted by Gasteiger charge is -2.24. The lowest BCUT2D eigenvalue weighted by molar-refractivity contribution is 0.124.